The first kappa shape index (κ1) is 19.8. The Morgan fingerprint density at radius 3 is 2.46 bits per heavy atom. The third-order valence-electron chi connectivity index (χ3n) is 6.02. The van der Waals surface area contributed by atoms with Gasteiger partial charge in [-0.25, -0.2) is 0 Å². The molecule has 0 amide bonds. The van der Waals surface area contributed by atoms with Gasteiger partial charge >= 0.3 is 0 Å². The van der Waals surface area contributed by atoms with Gasteiger partial charge < -0.3 is 4.74 Å². The standard InChI is InChI=1S/C23H40O/c1-3-5-8-11-20-14-16-22(17-15-20)23(24-18-6-4-2)19-21-12-9-7-10-13-21/h7,9,13,20,22-23H,3-6,8,10-12,14-19H2,1-2H3. The second-order valence-electron chi connectivity index (χ2n) is 8.02. The van der Waals surface area contributed by atoms with Gasteiger partial charge in [-0.3, -0.25) is 0 Å². The van der Waals surface area contributed by atoms with Crippen LogP contribution in [0.2, 0.25) is 0 Å². The van der Waals surface area contributed by atoms with E-state index in [0.717, 1.165) is 31.3 Å². The van der Waals surface area contributed by atoms with Crippen LogP contribution in [0.15, 0.2) is 23.8 Å². The van der Waals surface area contributed by atoms with Gasteiger partial charge in [0.05, 0.1) is 6.10 Å². The second kappa shape index (κ2) is 11.9. The molecule has 0 aliphatic heterocycles. The summed E-state index contributed by atoms with van der Waals surface area (Å²) in [4.78, 5) is 0. The average molecular weight is 333 g/mol. The summed E-state index contributed by atoms with van der Waals surface area (Å²) in [6.45, 7) is 5.53. The molecular weight excluding hydrogens is 292 g/mol. The molecule has 0 spiro atoms. The Morgan fingerprint density at radius 1 is 1.00 bits per heavy atom. The van der Waals surface area contributed by atoms with Crippen molar-refractivity contribution in [3.8, 4) is 0 Å². The molecule has 0 N–H and O–H groups in total. The number of hydrogen-bond donors (Lipinski definition) is 0. The Balaban J connectivity index is 1.79. The van der Waals surface area contributed by atoms with Crippen LogP contribution in [0, 0.1) is 11.8 Å². The highest BCUT2D eigenvalue weighted by molar-refractivity contribution is 5.15. The highest BCUT2D eigenvalue weighted by atomic mass is 16.5. The van der Waals surface area contributed by atoms with Crippen molar-refractivity contribution in [1.82, 2.24) is 0 Å². The highest BCUT2D eigenvalue weighted by Crippen LogP contribution is 2.37. The van der Waals surface area contributed by atoms with Gasteiger partial charge in [-0.1, -0.05) is 82.6 Å². The minimum Gasteiger partial charge on any atom is -0.378 e. The average Bonchev–Trinajstić information content (AvgIpc) is 2.63. The third kappa shape index (κ3) is 7.13. The van der Waals surface area contributed by atoms with Crippen LogP contribution in [0.3, 0.4) is 0 Å². The fourth-order valence-corrected chi connectivity index (χ4v) is 4.35. The maximum Gasteiger partial charge on any atom is 0.0640 e. The number of unbranched alkanes of at least 4 members (excludes halogenated alkanes) is 3. The van der Waals surface area contributed by atoms with Crippen LogP contribution in [0.1, 0.15) is 97.3 Å². The fraction of sp³-hybridized carbons (Fsp3) is 0.826. The monoisotopic (exact) mass is 332 g/mol. The summed E-state index contributed by atoms with van der Waals surface area (Å²) >= 11 is 0. The molecule has 0 aromatic carbocycles. The van der Waals surface area contributed by atoms with E-state index in [1.54, 1.807) is 5.57 Å². The van der Waals surface area contributed by atoms with E-state index in [1.165, 1.54) is 70.6 Å². The SMILES string of the molecule is CCCCCC1CCC(C(CC2=CCC=CC2)OCCCC)CC1. The van der Waals surface area contributed by atoms with E-state index in [9.17, 15) is 0 Å². The number of rotatable bonds is 11. The lowest BCUT2D eigenvalue weighted by atomic mass is 9.76. The predicted molar refractivity (Wildman–Crippen MR) is 105 cm³/mol. The molecule has 0 heterocycles. The van der Waals surface area contributed by atoms with Gasteiger partial charge in [0.1, 0.15) is 0 Å². The van der Waals surface area contributed by atoms with Crippen LogP contribution in [-0.4, -0.2) is 12.7 Å². The van der Waals surface area contributed by atoms with Crippen molar-refractivity contribution in [2.45, 2.75) is 103 Å². The summed E-state index contributed by atoms with van der Waals surface area (Å²) in [5.41, 5.74) is 1.61. The molecule has 2 aliphatic rings. The Hall–Kier alpha value is -0.560. The first-order valence-electron chi connectivity index (χ1n) is 10.8. The number of hydrogen-bond acceptors (Lipinski definition) is 1. The maximum absolute atomic E-state index is 6.39. The van der Waals surface area contributed by atoms with Gasteiger partial charge in [0.15, 0.2) is 0 Å². The van der Waals surface area contributed by atoms with Crippen LogP contribution in [0.4, 0.5) is 0 Å². The molecule has 138 valence electrons. The van der Waals surface area contributed by atoms with E-state index in [0.29, 0.717) is 6.10 Å². The molecule has 0 bridgehead atoms. The first-order valence-corrected chi connectivity index (χ1v) is 10.8. The van der Waals surface area contributed by atoms with Crippen molar-refractivity contribution >= 4 is 0 Å². The second-order valence-corrected chi connectivity index (χ2v) is 8.02. The van der Waals surface area contributed by atoms with Gasteiger partial charge in [-0.05, 0) is 50.4 Å². The lowest BCUT2D eigenvalue weighted by Gasteiger charge is -2.34. The summed E-state index contributed by atoms with van der Waals surface area (Å²) in [7, 11) is 0. The summed E-state index contributed by atoms with van der Waals surface area (Å²) < 4.78 is 6.39. The summed E-state index contributed by atoms with van der Waals surface area (Å²) in [6, 6.07) is 0. The maximum atomic E-state index is 6.39. The molecule has 1 saturated carbocycles. The van der Waals surface area contributed by atoms with Gasteiger partial charge in [-0.2, -0.15) is 0 Å². The highest BCUT2D eigenvalue weighted by Gasteiger charge is 2.28. The zero-order valence-electron chi connectivity index (χ0n) is 16.3. The quantitative estimate of drug-likeness (QED) is 0.286. The molecule has 0 saturated heterocycles. The van der Waals surface area contributed by atoms with Crippen molar-refractivity contribution in [1.29, 1.82) is 0 Å². The van der Waals surface area contributed by atoms with Crippen LogP contribution in [0.5, 0.6) is 0 Å². The lowest BCUT2D eigenvalue weighted by molar-refractivity contribution is -0.00597. The predicted octanol–water partition coefficient (Wildman–Crippen LogP) is 7.22. The molecule has 1 nitrogen and oxygen atoms in total. The van der Waals surface area contributed by atoms with E-state index < -0.39 is 0 Å². The minimum atomic E-state index is 0.478. The summed E-state index contributed by atoms with van der Waals surface area (Å²) in [5, 5.41) is 0. The molecule has 2 rings (SSSR count). The largest absolute Gasteiger partial charge is 0.378 e. The zero-order chi connectivity index (χ0) is 17.0. The molecule has 0 aromatic rings. The Morgan fingerprint density at radius 2 is 1.79 bits per heavy atom. The minimum absolute atomic E-state index is 0.478. The van der Waals surface area contributed by atoms with E-state index in [1.807, 2.05) is 0 Å². The topological polar surface area (TPSA) is 9.23 Å². The normalized spacial score (nSPS) is 25.5. The Kier molecular flexibility index (Phi) is 9.80. The van der Waals surface area contributed by atoms with Crippen molar-refractivity contribution in [2.24, 2.45) is 11.8 Å². The molecule has 2 aliphatic carbocycles. The van der Waals surface area contributed by atoms with Crippen molar-refractivity contribution in [2.75, 3.05) is 6.61 Å². The van der Waals surface area contributed by atoms with Crippen molar-refractivity contribution in [3.05, 3.63) is 23.8 Å². The van der Waals surface area contributed by atoms with Gasteiger partial charge in [0, 0.05) is 6.61 Å². The summed E-state index contributed by atoms with van der Waals surface area (Å²) in [6.07, 6.45) is 24.8. The Bertz CT molecular complexity index is 373. The van der Waals surface area contributed by atoms with E-state index in [2.05, 4.69) is 32.1 Å². The smallest absolute Gasteiger partial charge is 0.0640 e. The molecule has 1 atom stereocenters. The van der Waals surface area contributed by atoms with E-state index in [-0.39, 0.29) is 0 Å². The first-order chi connectivity index (χ1) is 11.8. The Labute approximate surface area is 150 Å². The molecule has 0 aromatic heterocycles. The molecule has 24 heavy (non-hydrogen) atoms. The van der Waals surface area contributed by atoms with Crippen molar-refractivity contribution < 1.29 is 4.74 Å². The van der Waals surface area contributed by atoms with Gasteiger partial charge in [0.25, 0.3) is 0 Å². The van der Waals surface area contributed by atoms with Crippen LogP contribution >= 0.6 is 0 Å². The summed E-state index contributed by atoms with van der Waals surface area (Å²) in [5.74, 6) is 1.80. The molecule has 0 radical (unpaired) electrons. The van der Waals surface area contributed by atoms with Crippen LogP contribution < -0.4 is 0 Å². The molecular formula is C23H40O. The molecule has 1 heteroatoms. The van der Waals surface area contributed by atoms with E-state index >= 15 is 0 Å². The van der Waals surface area contributed by atoms with Crippen LogP contribution in [-0.2, 0) is 4.74 Å². The van der Waals surface area contributed by atoms with Crippen molar-refractivity contribution in [3.63, 3.8) is 0 Å². The number of allylic oxidation sites excluding steroid dienone is 3. The fourth-order valence-electron chi connectivity index (χ4n) is 4.35. The van der Waals surface area contributed by atoms with Gasteiger partial charge in [0.2, 0.25) is 0 Å². The van der Waals surface area contributed by atoms with Gasteiger partial charge in [-0.15, -0.1) is 0 Å². The van der Waals surface area contributed by atoms with E-state index in [4.69, 9.17) is 4.74 Å². The zero-order valence-corrected chi connectivity index (χ0v) is 16.3. The lowest BCUT2D eigenvalue weighted by Crippen LogP contribution is -2.29. The van der Waals surface area contributed by atoms with Crippen LogP contribution in [0.25, 0.3) is 0 Å². The molecule has 1 unspecified atom stereocenters. The third-order valence-corrected chi connectivity index (χ3v) is 6.02. The number of ether oxygens (including phenoxy) is 1. The molecule has 1 fully saturated rings.